The molecule has 6 rings (SSSR count). The molecular weight excluding hydrogens is 400 g/mol. The van der Waals surface area contributed by atoms with Crippen LogP contribution in [-0.4, -0.2) is 4.57 Å². The molecule has 1 heterocycles. The molecule has 1 N–H and O–H groups in total. The van der Waals surface area contributed by atoms with E-state index in [4.69, 9.17) is 0 Å². The molecule has 0 amide bonds. The van der Waals surface area contributed by atoms with E-state index in [9.17, 15) is 0 Å². The summed E-state index contributed by atoms with van der Waals surface area (Å²) in [5, 5.41) is 6.08. The molecular formula is C31H24N2. The van der Waals surface area contributed by atoms with Gasteiger partial charge in [0.25, 0.3) is 0 Å². The fourth-order valence-electron chi connectivity index (χ4n) is 4.62. The van der Waals surface area contributed by atoms with E-state index in [1.807, 2.05) is 0 Å². The van der Waals surface area contributed by atoms with Crippen LogP contribution in [0.25, 0.3) is 38.6 Å². The van der Waals surface area contributed by atoms with Gasteiger partial charge in [-0.2, -0.15) is 0 Å². The van der Waals surface area contributed by atoms with Gasteiger partial charge in [-0.05, 0) is 66.1 Å². The van der Waals surface area contributed by atoms with Gasteiger partial charge in [-0.15, -0.1) is 0 Å². The molecule has 0 fully saturated rings. The van der Waals surface area contributed by atoms with Crippen LogP contribution in [0.4, 0.5) is 11.4 Å². The first-order chi connectivity index (χ1) is 16.3. The monoisotopic (exact) mass is 424 g/mol. The van der Waals surface area contributed by atoms with Crippen LogP contribution in [0.15, 0.2) is 121 Å². The molecule has 0 spiro atoms. The smallest absolute Gasteiger partial charge is 0.0547 e. The molecule has 158 valence electrons. The van der Waals surface area contributed by atoms with Crippen LogP contribution in [0, 0.1) is 6.92 Å². The number of hydrogen-bond donors (Lipinski definition) is 1. The van der Waals surface area contributed by atoms with E-state index in [2.05, 4.69) is 138 Å². The molecule has 0 atom stereocenters. The topological polar surface area (TPSA) is 17.0 Å². The van der Waals surface area contributed by atoms with Gasteiger partial charge in [-0.3, -0.25) is 0 Å². The Kier molecular flexibility index (Phi) is 4.70. The second-order valence-electron chi connectivity index (χ2n) is 8.44. The summed E-state index contributed by atoms with van der Waals surface area (Å²) in [5.74, 6) is 0. The van der Waals surface area contributed by atoms with Crippen molar-refractivity contribution >= 4 is 33.2 Å². The number of benzene rings is 5. The fraction of sp³-hybridized carbons (Fsp3) is 0.0323. The summed E-state index contributed by atoms with van der Waals surface area (Å²) >= 11 is 0. The number of fused-ring (bicyclic) bond motifs is 3. The van der Waals surface area contributed by atoms with E-state index in [1.165, 1.54) is 44.2 Å². The van der Waals surface area contributed by atoms with Gasteiger partial charge in [0.1, 0.15) is 0 Å². The minimum absolute atomic E-state index is 1.09. The second kappa shape index (κ2) is 7.99. The minimum Gasteiger partial charge on any atom is -0.355 e. The lowest BCUT2D eigenvalue weighted by Gasteiger charge is -2.11. The molecule has 0 aliphatic carbocycles. The van der Waals surface area contributed by atoms with Gasteiger partial charge in [-0.25, -0.2) is 0 Å². The number of rotatable bonds is 4. The van der Waals surface area contributed by atoms with Crippen LogP contribution in [0.1, 0.15) is 5.56 Å². The Morgan fingerprint density at radius 1 is 0.545 bits per heavy atom. The van der Waals surface area contributed by atoms with E-state index in [0.717, 1.165) is 11.4 Å². The van der Waals surface area contributed by atoms with Gasteiger partial charge in [0.2, 0.25) is 0 Å². The van der Waals surface area contributed by atoms with Crippen LogP contribution in [0.2, 0.25) is 0 Å². The Hall–Kier alpha value is -4.30. The number of hydrogen-bond acceptors (Lipinski definition) is 1. The van der Waals surface area contributed by atoms with Gasteiger partial charge < -0.3 is 9.88 Å². The number of anilines is 2. The third-order valence-electron chi connectivity index (χ3n) is 6.33. The molecule has 0 bridgehead atoms. The fourth-order valence-corrected chi connectivity index (χ4v) is 4.62. The molecule has 0 saturated heterocycles. The Bertz CT molecular complexity index is 1580. The van der Waals surface area contributed by atoms with Crippen molar-refractivity contribution in [2.75, 3.05) is 5.32 Å². The first-order valence-electron chi connectivity index (χ1n) is 11.3. The summed E-state index contributed by atoms with van der Waals surface area (Å²) in [4.78, 5) is 0. The largest absolute Gasteiger partial charge is 0.355 e. The van der Waals surface area contributed by atoms with E-state index in [1.54, 1.807) is 0 Å². The maximum atomic E-state index is 3.52. The van der Waals surface area contributed by atoms with Crippen molar-refractivity contribution in [1.82, 2.24) is 4.57 Å². The maximum Gasteiger partial charge on any atom is 0.0547 e. The summed E-state index contributed by atoms with van der Waals surface area (Å²) in [6.07, 6.45) is 0. The van der Waals surface area contributed by atoms with E-state index in [-0.39, 0.29) is 0 Å². The summed E-state index contributed by atoms with van der Waals surface area (Å²) in [6.45, 7) is 2.12. The Balaban J connectivity index is 1.44. The van der Waals surface area contributed by atoms with Crippen molar-refractivity contribution in [3.8, 4) is 16.8 Å². The Labute approximate surface area is 193 Å². The SMILES string of the molecule is Cc1ccccc1Nc1ccc(-c2ccc3c4ccccc4n(-c4ccccc4)c3c2)cc1. The van der Waals surface area contributed by atoms with Gasteiger partial charge in [-0.1, -0.05) is 78.9 Å². The van der Waals surface area contributed by atoms with E-state index < -0.39 is 0 Å². The van der Waals surface area contributed by atoms with Crippen LogP contribution in [0.3, 0.4) is 0 Å². The first-order valence-corrected chi connectivity index (χ1v) is 11.3. The van der Waals surface area contributed by atoms with Crippen LogP contribution in [0.5, 0.6) is 0 Å². The molecule has 0 aliphatic heterocycles. The van der Waals surface area contributed by atoms with Crippen LogP contribution < -0.4 is 5.32 Å². The lowest BCUT2D eigenvalue weighted by atomic mass is 10.0. The zero-order valence-corrected chi connectivity index (χ0v) is 18.5. The van der Waals surface area contributed by atoms with Crippen molar-refractivity contribution < 1.29 is 0 Å². The molecule has 33 heavy (non-hydrogen) atoms. The highest BCUT2D eigenvalue weighted by Gasteiger charge is 2.13. The first kappa shape index (κ1) is 19.4. The van der Waals surface area contributed by atoms with Crippen molar-refractivity contribution in [3.05, 3.63) is 127 Å². The normalized spacial score (nSPS) is 11.2. The number of nitrogens with one attached hydrogen (secondary N) is 1. The lowest BCUT2D eigenvalue weighted by Crippen LogP contribution is -1.93. The zero-order valence-electron chi connectivity index (χ0n) is 18.5. The molecule has 2 heteroatoms. The van der Waals surface area contributed by atoms with Crippen molar-refractivity contribution in [3.63, 3.8) is 0 Å². The van der Waals surface area contributed by atoms with Crippen molar-refractivity contribution in [2.24, 2.45) is 0 Å². The molecule has 6 aromatic rings. The molecule has 0 aliphatic rings. The summed E-state index contributed by atoms with van der Waals surface area (Å²) in [6, 6.07) is 43.1. The standard InChI is InChI=1S/C31H24N2/c1-22-9-5-7-13-29(22)32-25-18-15-23(16-19-25)24-17-20-28-27-12-6-8-14-30(27)33(31(28)21-24)26-10-3-2-4-11-26/h2-21,32H,1H3. The summed E-state index contributed by atoms with van der Waals surface area (Å²) in [7, 11) is 0. The van der Waals surface area contributed by atoms with Crippen molar-refractivity contribution in [2.45, 2.75) is 6.92 Å². The van der Waals surface area contributed by atoms with Crippen LogP contribution in [-0.2, 0) is 0 Å². The minimum atomic E-state index is 1.09. The quantitative estimate of drug-likeness (QED) is 0.300. The number of aryl methyl sites for hydroxylation is 1. The average Bonchev–Trinajstić information content (AvgIpc) is 3.20. The number of aromatic nitrogens is 1. The molecule has 2 nitrogen and oxygen atoms in total. The zero-order chi connectivity index (χ0) is 22.2. The lowest BCUT2D eigenvalue weighted by molar-refractivity contribution is 1.18. The molecule has 5 aromatic carbocycles. The Morgan fingerprint density at radius 3 is 2.03 bits per heavy atom. The highest BCUT2D eigenvalue weighted by atomic mass is 15.0. The highest BCUT2D eigenvalue weighted by molar-refractivity contribution is 6.10. The Morgan fingerprint density at radius 2 is 1.21 bits per heavy atom. The third kappa shape index (κ3) is 3.46. The summed E-state index contributed by atoms with van der Waals surface area (Å²) in [5.41, 5.74) is 9.52. The van der Waals surface area contributed by atoms with Gasteiger partial charge in [0.05, 0.1) is 11.0 Å². The van der Waals surface area contributed by atoms with Gasteiger partial charge in [0.15, 0.2) is 0 Å². The van der Waals surface area contributed by atoms with Crippen molar-refractivity contribution in [1.29, 1.82) is 0 Å². The molecule has 0 radical (unpaired) electrons. The highest BCUT2D eigenvalue weighted by Crippen LogP contribution is 2.35. The van der Waals surface area contributed by atoms with E-state index in [0.29, 0.717) is 0 Å². The van der Waals surface area contributed by atoms with Gasteiger partial charge >= 0.3 is 0 Å². The summed E-state index contributed by atoms with van der Waals surface area (Å²) < 4.78 is 2.36. The second-order valence-corrected chi connectivity index (χ2v) is 8.44. The van der Waals surface area contributed by atoms with E-state index >= 15 is 0 Å². The molecule has 0 unspecified atom stereocenters. The van der Waals surface area contributed by atoms with Gasteiger partial charge in [0, 0.05) is 27.8 Å². The molecule has 0 saturated carbocycles. The predicted molar refractivity (Wildman–Crippen MR) is 141 cm³/mol. The number of para-hydroxylation sites is 3. The molecule has 1 aromatic heterocycles. The third-order valence-corrected chi connectivity index (χ3v) is 6.33. The average molecular weight is 425 g/mol. The van der Waals surface area contributed by atoms with Crippen LogP contribution >= 0.6 is 0 Å². The maximum absolute atomic E-state index is 3.52. The number of nitrogens with zero attached hydrogens (tertiary/aromatic N) is 1. The predicted octanol–water partition coefficient (Wildman–Crippen LogP) is 8.50.